The van der Waals surface area contributed by atoms with Gasteiger partial charge in [-0.2, -0.15) is 5.26 Å². The zero-order chi connectivity index (χ0) is 26.7. The van der Waals surface area contributed by atoms with Gasteiger partial charge in [0.25, 0.3) is 0 Å². The van der Waals surface area contributed by atoms with Crippen LogP contribution in [0.25, 0.3) is 11.1 Å². The highest BCUT2D eigenvalue weighted by Crippen LogP contribution is 2.34. The summed E-state index contributed by atoms with van der Waals surface area (Å²) >= 11 is 0. The van der Waals surface area contributed by atoms with Gasteiger partial charge in [0.15, 0.2) is 0 Å². The molecule has 0 aliphatic rings. The second-order valence-electron chi connectivity index (χ2n) is 12.9. The largest absolute Gasteiger partial charge is 0.488 e. The van der Waals surface area contributed by atoms with Gasteiger partial charge in [-0.25, -0.2) is 0 Å². The van der Waals surface area contributed by atoms with Crippen LogP contribution in [0.5, 0.6) is 5.75 Å². The monoisotopic (exact) mass is 483 g/mol. The smallest absolute Gasteiger partial charge is 0.120 e. The highest BCUT2D eigenvalue weighted by Gasteiger charge is 2.21. The maximum atomic E-state index is 10.1. The molecule has 0 aromatic heterocycles. The lowest BCUT2D eigenvalue weighted by Crippen LogP contribution is -2.36. The van der Waals surface area contributed by atoms with E-state index in [0.29, 0.717) is 6.42 Å². The third-order valence-corrected chi connectivity index (χ3v) is 6.29. The van der Waals surface area contributed by atoms with Crippen molar-refractivity contribution in [2.45, 2.75) is 65.4 Å². The van der Waals surface area contributed by atoms with Gasteiger partial charge in [-0.15, -0.1) is 0 Å². The summed E-state index contributed by atoms with van der Waals surface area (Å²) in [5, 5.41) is 10.1. The van der Waals surface area contributed by atoms with Gasteiger partial charge >= 0.3 is 0 Å². The summed E-state index contributed by atoms with van der Waals surface area (Å²) < 4.78 is 7.17. The number of benzene rings is 3. The minimum atomic E-state index is -0.275. The van der Waals surface area contributed by atoms with Gasteiger partial charge in [0.2, 0.25) is 0 Å². The Morgan fingerprint density at radius 3 is 2.06 bits per heavy atom. The number of quaternary nitrogens is 1. The van der Waals surface area contributed by atoms with Crippen LogP contribution in [0.3, 0.4) is 0 Å². The Balaban J connectivity index is 2.04. The van der Waals surface area contributed by atoms with Crippen molar-refractivity contribution in [3.05, 3.63) is 88.5 Å². The van der Waals surface area contributed by atoms with Crippen molar-refractivity contribution in [3.8, 4) is 22.9 Å². The first kappa shape index (κ1) is 27.5. The molecule has 3 nitrogen and oxygen atoms in total. The Morgan fingerprint density at radius 1 is 0.833 bits per heavy atom. The Labute approximate surface area is 218 Å². The van der Waals surface area contributed by atoms with E-state index in [-0.39, 0.29) is 11.0 Å². The lowest BCUT2D eigenvalue weighted by atomic mass is 9.81. The summed E-state index contributed by atoms with van der Waals surface area (Å²) in [7, 11) is 6.68. The molecule has 0 bridgehead atoms. The SMILES string of the molecule is CC(C)(C)Oc1ccc(Cc2cccc(C(C)(C)C)c2C#N)c(-c2ccc(CC[N+](C)(C)C)cc2)c1. The van der Waals surface area contributed by atoms with Crippen molar-refractivity contribution in [1.82, 2.24) is 0 Å². The number of likely N-dealkylation sites (N-methyl/N-ethyl adjacent to an activating group) is 1. The van der Waals surface area contributed by atoms with Gasteiger partial charge in [0, 0.05) is 6.42 Å². The zero-order valence-electron chi connectivity index (χ0n) is 23.7. The molecule has 0 atom stereocenters. The Morgan fingerprint density at radius 2 is 1.50 bits per heavy atom. The molecule has 3 aromatic carbocycles. The average Bonchev–Trinajstić information content (AvgIpc) is 2.77. The lowest BCUT2D eigenvalue weighted by Gasteiger charge is -2.24. The molecule has 0 saturated carbocycles. The van der Waals surface area contributed by atoms with Crippen LogP contribution in [0.4, 0.5) is 0 Å². The molecule has 190 valence electrons. The number of hydrogen-bond donors (Lipinski definition) is 0. The summed E-state index contributed by atoms with van der Waals surface area (Å²) in [5.74, 6) is 0.860. The van der Waals surface area contributed by atoms with Crippen LogP contribution in [-0.2, 0) is 18.3 Å². The Bertz CT molecular complexity index is 1230. The predicted molar refractivity (Wildman–Crippen MR) is 152 cm³/mol. The van der Waals surface area contributed by atoms with Crippen molar-refractivity contribution in [1.29, 1.82) is 5.26 Å². The minimum absolute atomic E-state index is 0.0874. The molecular formula is C33H43N2O+. The molecule has 0 unspecified atom stereocenters. The molecule has 0 radical (unpaired) electrons. The number of rotatable bonds is 7. The van der Waals surface area contributed by atoms with E-state index in [9.17, 15) is 5.26 Å². The second-order valence-corrected chi connectivity index (χ2v) is 12.9. The Hall–Kier alpha value is -3.09. The van der Waals surface area contributed by atoms with E-state index in [0.717, 1.165) is 45.5 Å². The van der Waals surface area contributed by atoms with Crippen LogP contribution in [-0.4, -0.2) is 37.8 Å². The van der Waals surface area contributed by atoms with Gasteiger partial charge in [-0.05, 0) is 78.1 Å². The van der Waals surface area contributed by atoms with E-state index in [1.54, 1.807) is 0 Å². The molecule has 0 saturated heterocycles. The standard InChI is InChI=1S/C33H43N2O/c1-32(2,3)31-12-10-11-26(30(31)23-34)21-27-17-18-28(36-33(4,5)6)22-29(27)25-15-13-24(14-16-25)19-20-35(7,8)9/h10-18,22H,19-21H2,1-9H3/q+1. The van der Waals surface area contributed by atoms with Gasteiger partial charge in [0.1, 0.15) is 11.4 Å². The summed E-state index contributed by atoms with van der Waals surface area (Å²) in [5.41, 5.74) is 7.45. The van der Waals surface area contributed by atoms with E-state index >= 15 is 0 Å². The molecule has 3 rings (SSSR count). The molecule has 0 amide bonds. The molecule has 0 aliphatic carbocycles. The fourth-order valence-corrected chi connectivity index (χ4v) is 4.42. The van der Waals surface area contributed by atoms with Crippen LogP contribution in [0, 0.1) is 11.3 Å². The molecule has 0 fully saturated rings. The molecule has 0 heterocycles. The topological polar surface area (TPSA) is 33.0 Å². The van der Waals surface area contributed by atoms with E-state index in [1.807, 2.05) is 0 Å². The van der Waals surface area contributed by atoms with Crippen LogP contribution >= 0.6 is 0 Å². The molecule has 0 spiro atoms. The third kappa shape index (κ3) is 7.45. The van der Waals surface area contributed by atoms with E-state index in [2.05, 4.69) is 129 Å². The quantitative estimate of drug-likeness (QED) is 0.325. The first-order chi connectivity index (χ1) is 16.7. The summed E-state index contributed by atoms with van der Waals surface area (Å²) in [4.78, 5) is 0. The summed E-state index contributed by atoms with van der Waals surface area (Å²) in [6.45, 7) is 13.8. The van der Waals surface area contributed by atoms with Crippen LogP contribution < -0.4 is 4.74 Å². The van der Waals surface area contributed by atoms with Gasteiger partial charge in [0.05, 0.1) is 39.3 Å². The van der Waals surface area contributed by atoms with E-state index in [1.165, 1.54) is 16.7 Å². The van der Waals surface area contributed by atoms with Crippen molar-refractivity contribution in [3.63, 3.8) is 0 Å². The number of nitrogens with zero attached hydrogens (tertiary/aromatic N) is 2. The Kier molecular flexibility index (Phi) is 8.01. The van der Waals surface area contributed by atoms with Gasteiger partial charge in [-0.3, -0.25) is 0 Å². The molecule has 3 heteroatoms. The zero-order valence-corrected chi connectivity index (χ0v) is 23.7. The normalized spacial score (nSPS) is 12.3. The van der Waals surface area contributed by atoms with Crippen LogP contribution in [0.2, 0.25) is 0 Å². The molecule has 3 aromatic rings. The van der Waals surface area contributed by atoms with Crippen LogP contribution in [0.15, 0.2) is 60.7 Å². The maximum Gasteiger partial charge on any atom is 0.120 e. The van der Waals surface area contributed by atoms with Gasteiger partial charge in [-0.1, -0.05) is 69.3 Å². The van der Waals surface area contributed by atoms with Crippen LogP contribution in [0.1, 0.15) is 69.4 Å². The van der Waals surface area contributed by atoms with Crippen molar-refractivity contribution < 1.29 is 9.22 Å². The van der Waals surface area contributed by atoms with E-state index < -0.39 is 0 Å². The highest BCUT2D eigenvalue weighted by molar-refractivity contribution is 5.70. The number of hydrogen-bond acceptors (Lipinski definition) is 2. The molecule has 36 heavy (non-hydrogen) atoms. The number of nitriles is 1. The minimum Gasteiger partial charge on any atom is -0.488 e. The summed E-state index contributed by atoms with van der Waals surface area (Å²) in [6.07, 6.45) is 1.75. The fourth-order valence-electron chi connectivity index (χ4n) is 4.42. The first-order valence-corrected chi connectivity index (χ1v) is 12.9. The maximum absolute atomic E-state index is 10.1. The molecule has 0 aliphatic heterocycles. The van der Waals surface area contributed by atoms with Gasteiger partial charge < -0.3 is 9.22 Å². The number of ether oxygens (including phenoxy) is 1. The van der Waals surface area contributed by atoms with Crippen molar-refractivity contribution in [2.75, 3.05) is 27.7 Å². The average molecular weight is 484 g/mol. The highest BCUT2D eigenvalue weighted by atomic mass is 16.5. The predicted octanol–water partition coefficient (Wildman–Crippen LogP) is 7.54. The fraction of sp³-hybridized carbons (Fsp3) is 0.424. The molecule has 0 N–H and O–H groups in total. The second kappa shape index (κ2) is 10.5. The first-order valence-electron chi connectivity index (χ1n) is 12.9. The summed E-state index contributed by atoms with van der Waals surface area (Å²) in [6, 6.07) is 24.1. The lowest BCUT2D eigenvalue weighted by molar-refractivity contribution is -0.870. The van der Waals surface area contributed by atoms with Crippen molar-refractivity contribution >= 4 is 0 Å². The van der Waals surface area contributed by atoms with Crippen molar-refractivity contribution in [2.24, 2.45) is 0 Å². The van der Waals surface area contributed by atoms with E-state index in [4.69, 9.17) is 4.74 Å². The molecular weight excluding hydrogens is 440 g/mol. The third-order valence-electron chi connectivity index (χ3n) is 6.29.